The van der Waals surface area contributed by atoms with Crippen molar-refractivity contribution < 1.29 is 0 Å². The maximum absolute atomic E-state index is 5.29. The van der Waals surface area contributed by atoms with E-state index in [4.69, 9.17) is 15.0 Å². The zero-order valence-corrected chi connectivity index (χ0v) is 30.6. The molecule has 1 aliphatic rings. The topological polar surface area (TPSA) is 38.7 Å². The van der Waals surface area contributed by atoms with Crippen LogP contribution in [0.5, 0.6) is 0 Å². The fraction of sp³-hybridized carbons (Fsp3) is 0.0408. The van der Waals surface area contributed by atoms with E-state index in [0.29, 0.717) is 17.5 Å². The SMILES string of the molecule is C[Si]1(C)c2c(-c3nc(-c4ccc(-c5ccccc5)cc4)nc(-c4ccc(-c5cccc6ccccc56)cc4)n3)cccc2-c2ccc3ccccc3c21. The summed E-state index contributed by atoms with van der Waals surface area (Å²) >= 11 is 0. The molecule has 0 atom stereocenters. The highest BCUT2D eigenvalue weighted by molar-refractivity contribution is 7.05. The summed E-state index contributed by atoms with van der Waals surface area (Å²) in [5.41, 5.74) is 10.4. The molecule has 10 rings (SSSR count). The van der Waals surface area contributed by atoms with Crippen LogP contribution < -0.4 is 10.4 Å². The fourth-order valence-electron chi connectivity index (χ4n) is 8.40. The Labute approximate surface area is 310 Å². The molecule has 1 aliphatic heterocycles. The van der Waals surface area contributed by atoms with Crippen molar-refractivity contribution in [2.75, 3.05) is 0 Å². The van der Waals surface area contributed by atoms with E-state index in [0.717, 1.165) is 27.8 Å². The number of rotatable bonds is 5. The van der Waals surface area contributed by atoms with Gasteiger partial charge in [-0.2, -0.15) is 0 Å². The molecule has 0 spiro atoms. The molecule has 0 aliphatic carbocycles. The monoisotopic (exact) mass is 693 g/mol. The molecule has 0 amide bonds. The minimum absolute atomic E-state index is 0.666. The molecule has 0 saturated carbocycles. The van der Waals surface area contributed by atoms with E-state index < -0.39 is 8.07 Å². The zero-order valence-electron chi connectivity index (χ0n) is 29.6. The predicted molar refractivity (Wildman–Crippen MR) is 224 cm³/mol. The van der Waals surface area contributed by atoms with Gasteiger partial charge in [-0.3, -0.25) is 0 Å². The van der Waals surface area contributed by atoms with Crippen molar-refractivity contribution in [3.8, 4) is 67.5 Å². The summed E-state index contributed by atoms with van der Waals surface area (Å²) in [6, 6.07) is 62.8. The number of aromatic nitrogens is 3. The number of benzene rings is 8. The van der Waals surface area contributed by atoms with Crippen LogP contribution in [0.1, 0.15) is 0 Å². The number of fused-ring (bicyclic) bond motifs is 6. The Bertz CT molecular complexity index is 2840. The van der Waals surface area contributed by atoms with Gasteiger partial charge in [-0.05, 0) is 65.3 Å². The van der Waals surface area contributed by atoms with Crippen LogP contribution in [0.25, 0.3) is 89.1 Å². The first-order chi connectivity index (χ1) is 26.0. The molecular weight excluding hydrogens is 659 g/mol. The highest BCUT2D eigenvalue weighted by Gasteiger charge is 2.41. The van der Waals surface area contributed by atoms with Crippen molar-refractivity contribution in [2.45, 2.75) is 13.1 Å². The van der Waals surface area contributed by atoms with Gasteiger partial charge in [0.25, 0.3) is 0 Å². The summed E-state index contributed by atoms with van der Waals surface area (Å²) < 4.78 is 0. The molecule has 4 heteroatoms. The van der Waals surface area contributed by atoms with Crippen molar-refractivity contribution in [1.82, 2.24) is 15.0 Å². The van der Waals surface area contributed by atoms with Gasteiger partial charge in [0.2, 0.25) is 0 Å². The summed E-state index contributed by atoms with van der Waals surface area (Å²) in [7, 11) is -2.18. The van der Waals surface area contributed by atoms with Gasteiger partial charge in [-0.15, -0.1) is 0 Å². The minimum Gasteiger partial charge on any atom is -0.208 e. The highest BCUT2D eigenvalue weighted by atomic mass is 28.3. The van der Waals surface area contributed by atoms with Crippen LogP contribution in [-0.4, -0.2) is 23.0 Å². The Morgan fingerprint density at radius 3 is 1.49 bits per heavy atom. The zero-order chi connectivity index (χ0) is 35.5. The molecule has 250 valence electrons. The minimum atomic E-state index is -2.18. The first-order valence-electron chi connectivity index (χ1n) is 18.2. The first kappa shape index (κ1) is 31.3. The van der Waals surface area contributed by atoms with Crippen LogP contribution >= 0.6 is 0 Å². The summed E-state index contributed by atoms with van der Waals surface area (Å²) in [6.07, 6.45) is 0. The molecule has 1 aromatic heterocycles. The molecule has 2 heterocycles. The Hall–Kier alpha value is -6.49. The third-order valence-electron chi connectivity index (χ3n) is 10.9. The van der Waals surface area contributed by atoms with E-state index in [2.05, 4.69) is 183 Å². The van der Waals surface area contributed by atoms with Crippen LogP contribution in [-0.2, 0) is 0 Å². The molecule has 0 saturated heterocycles. The van der Waals surface area contributed by atoms with Crippen molar-refractivity contribution >= 4 is 40.0 Å². The van der Waals surface area contributed by atoms with Gasteiger partial charge in [-0.25, -0.2) is 15.0 Å². The average Bonchev–Trinajstić information content (AvgIpc) is 3.47. The molecule has 8 aromatic carbocycles. The van der Waals surface area contributed by atoms with Crippen LogP contribution in [0.2, 0.25) is 13.1 Å². The first-order valence-corrected chi connectivity index (χ1v) is 21.2. The Morgan fingerprint density at radius 2 is 0.774 bits per heavy atom. The molecule has 3 nitrogen and oxygen atoms in total. The van der Waals surface area contributed by atoms with E-state index >= 15 is 0 Å². The lowest BCUT2D eigenvalue weighted by Crippen LogP contribution is -2.50. The molecule has 0 unspecified atom stereocenters. The van der Waals surface area contributed by atoms with Crippen molar-refractivity contribution in [2.24, 2.45) is 0 Å². The van der Waals surface area contributed by atoms with E-state index in [1.54, 1.807) is 0 Å². The number of hydrogen-bond donors (Lipinski definition) is 0. The van der Waals surface area contributed by atoms with Gasteiger partial charge in [0, 0.05) is 16.7 Å². The van der Waals surface area contributed by atoms with E-state index in [9.17, 15) is 0 Å². The van der Waals surface area contributed by atoms with Crippen LogP contribution in [0.3, 0.4) is 0 Å². The summed E-state index contributed by atoms with van der Waals surface area (Å²) in [5, 5.41) is 8.00. The molecular formula is C49H35N3Si. The van der Waals surface area contributed by atoms with Gasteiger partial charge in [0.05, 0.1) is 0 Å². The third kappa shape index (κ3) is 5.22. The highest BCUT2D eigenvalue weighted by Crippen LogP contribution is 2.37. The van der Waals surface area contributed by atoms with E-state index in [-0.39, 0.29) is 0 Å². The molecule has 0 bridgehead atoms. The lowest BCUT2D eigenvalue weighted by Gasteiger charge is -2.23. The lowest BCUT2D eigenvalue weighted by molar-refractivity contribution is 1.08. The maximum atomic E-state index is 5.29. The summed E-state index contributed by atoms with van der Waals surface area (Å²) in [5.74, 6) is 2.05. The summed E-state index contributed by atoms with van der Waals surface area (Å²) in [6.45, 7) is 4.95. The second-order valence-corrected chi connectivity index (χ2v) is 18.7. The molecule has 0 radical (unpaired) electrons. The number of nitrogens with zero attached hydrogens (tertiary/aromatic N) is 3. The van der Waals surface area contributed by atoms with Crippen molar-refractivity contribution in [1.29, 1.82) is 0 Å². The van der Waals surface area contributed by atoms with Gasteiger partial charge in [-0.1, -0.05) is 189 Å². The third-order valence-corrected chi connectivity index (χ3v) is 14.5. The second kappa shape index (κ2) is 12.3. The quantitative estimate of drug-likeness (QED) is 0.168. The Kier molecular flexibility index (Phi) is 7.27. The standard InChI is InChI=1S/C49H35N3Si/c1-53(2)45-41-18-9-7-15-35(41)30-31-43(45)42-20-11-21-44(46(42)53)49-51-47(37-26-22-33(23-27-37)32-12-4-3-5-13-32)50-48(52-49)38-28-24-36(25-29-38)40-19-10-16-34-14-6-8-17-39(34)40/h3-31H,1-2H3. The lowest BCUT2D eigenvalue weighted by atomic mass is 9.97. The summed E-state index contributed by atoms with van der Waals surface area (Å²) in [4.78, 5) is 15.7. The van der Waals surface area contributed by atoms with Gasteiger partial charge >= 0.3 is 0 Å². The maximum Gasteiger partial charge on any atom is 0.164 e. The average molecular weight is 694 g/mol. The normalized spacial score (nSPS) is 12.9. The van der Waals surface area contributed by atoms with Crippen LogP contribution in [0.15, 0.2) is 176 Å². The Morgan fingerprint density at radius 1 is 0.302 bits per heavy atom. The molecule has 0 fully saturated rings. The predicted octanol–water partition coefficient (Wildman–Crippen LogP) is 11.3. The largest absolute Gasteiger partial charge is 0.208 e. The smallest absolute Gasteiger partial charge is 0.164 e. The fourth-order valence-corrected chi connectivity index (χ4v) is 12.2. The van der Waals surface area contributed by atoms with Gasteiger partial charge < -0.3 is 0 Å². The van der Waals surface area contributed by atoms with E-state index in [1.165, 1.54) is 54.2 Å². The van der Waals surface area contributed by atoms with Crippen molar-refractivity contribution in [3.63, 3.8) is 0 Å². The van der Waals surface area contributed by atoms with Gasteiger partial charge in [0.1, 0.15) is 8.07 Å². The molecule has 9 aromatic rings. The van der Waals surface area contributed by atoms with Crippen molar-refractivity contribution in [3.05, 3.63) is 176 Å². The second-order valence-electron chi connectivity index (χ2n) is 14.4. The molecule has 53 heavy (non-hydrogen) atoms. The Balaban J connectivity index is 1.13. The number of hydrogen-bond acceptors (Lipinski definition) is 3. The molecule has 0 N–H and O–H groups in total. The van der Waals surface area contributed by atoms with Crippen LogP contribution in [0, 0.1) is 0 Å². The van der Waals surface area contributed by atoms with Crippen LogP contribution in [0.4, 0.5) is 0 Å². The van der Waals surface area contributed by atoms with Gasteiger partial charge in [0.15, 0.2) is 17.5 Å². The van der Waals surface area contributed by atoms with E-state index in [1.807, 2.05) is 6.07 Å².